The van der Waals surface area contributed by atoms with Crippen LogP contribution in [0, 0.1) is 0 Å². The van der Waals surface area contributed by atoms with Crippen LogP contribution in [0.3, 0.4) is 0 Å². The molecular weight excluding hydrogens is 308 g/mol. The Balaban J connectivity index is 1.75. The van der Waals surface area contributed by atoms with Crippen LogP contribution < -0.4 is 16.6 Å². The maximum absolute atomic E-state index is 5.43. The molecule has 3 rings (SSSR count). The Hall–Kier alpha value is -0.920. The van der Waals surface area contributed by atoms with Crippen LogP contribution in [-0.4, -0.2) is 40.0 Å². The molecular formula is C12H19BrN6. The van der Waals surface area contributed by atoms with Gasteiger partial charge in [-0.3, -0.25) is 4.90 Å². The number of anilines is 2. The standard InChI is InChI=1S/C12H19BrN6/c13-10-11(15-7-16-12(10)18-14)17-8-4-6-19-5-2-1-3-9(8)19/h7-9H,1-6,14H2,(H2,15,16,17,18). The van der Waals surface area contributed by atoms with Crippen molar-refractivity contribution >= 4 is 27.6 Å². The van der Waals surface area contributed by atoms with Gasteiger partial charge in [-0.15, -0.1) is 0 Å². The Bertz CT molecular complexity index is 454. The summed E-state index contributed by atoms with van der Waals surface area (Å²) in [5, 5.41) is 3.55. The van der Waals surface area contributed by atoms with Crippen molar-refractivity contribution in [2.24, 2.45) is 5.84 Å². The third kappa shape index (κ3) is 2.54. The molecule has 2 fully saturated rings. The topological polar surface area (TPSA) is 79.1 Å². The number of fused-ring (bicyclic) bond motifs is 1. The molecule has 6 nitrogen and oxygen atoms in total. The molecule has 0 radical (unpaired) electrons. The van der Waals surface area contributed by atoms with Gasteiger partial charge in [0.2, 0.25) is 0 Å². The van der Waals surface area contributed by atoms with Gasteiger partial charge in [0.05, 0.1) is 0 Å². The quantitative estimate of drug-likeness (QED) is 0.578. The first kappa shape index (κ1) is 13.1. The number of hydrazine groups is 1. The number of piperidine rings is 1. The Morgan fingerprint density at radius 2 is 2.05 bits per heavy atom. The highest BCUT2D eigenvalue weighted by atomic mass is 79.9. The van der Waals surface area contributed by atoms with E-state index >= 15 is 0 Å². The smallest absolute Gasteiger partial charge is 0.159 e. The summed E-state index contributed by atoms with van der Waals surface area (Å²) in [4.78, 5) is 11.0. The highest BCUT2D eigenvalue weighted by Crippen LogP contribution is 2.32. The first-order valence-electron chi connectivity index (χ1n) is 6.77. The fourth-order valence-electron chi connectivity index (χ4n) is 3.16. The molecule has 2 aliphatic rings. The minimum absolute atomic E-state index is 0.470. The summed E-state index contributed by atoms with van der Waals surface area (Å²) in [6, 6.07) is 1.11. The molecule has 0 amide bonds. The predicted octanol–water partition coefficient (Wildman–Crippen LogP) is 1.56. The summed E-state index contributed by atoms with van der Waals surface area (Å²) in [5.74, 6) is 6.85. The van der Waals surface area contributed by atoms with E-state index in [9.17, 15) is 0 Å². The second-order valence-corrected chi connectivity index (χ2v) is 5.96. The lowest BCUT2D eigenvalue weighted by atomic mass is 9.99. The number of halogens is 1. The third-order valence-electron chi connectivity index (χ3n) is 4.10. The number of aromatic nitrogens is 2. The Morgan fingerprint density at radius 3 is 2.89 bits per heavy atom. The van der Waals surface area contributed by atoms with E-state index in [4.69, 9.17) is 5.84 Å². The first-order chi connectivity index (χ1) is 9.29. The van der Waals surface area contributed by atoms with E-state index < -0.39 is 0 Å². The molecule has 0 aromatic carbocycles. The minimum Gasteiger partial charge on any atom is -0.365 e. The van der Waals surface area contributed by atoms with Crippen molar-refractivity contribution in [1.82, 2.24) is 14.9 Å². The lowest BCUT2D eigenvalue weighted by molar-refractivity contribution is 0.192. The van der Waals surface area contributed by atoms with Gasteiger partial charge in [-0.1, -0.05) is 6.42 Å². The summed E-state index contributed by atoms with van der Waals surface area (Å²) < 4.78 is 0.798. The molecule has 2 unspecified atom stereocenters. The number of nitrogens with two attached hydrogens (primary N) is 1. The monoisotopic (exact) mass is 326 g/mol. The van der Waals surface area contributed by atoms with Crippen molar-refractivity contribution < 1.29 is 0 Å². The molecule has 0 bridgehead atoms. The Labute approximate surface area is 121 Å². The molecule has 104 valence electrons. The molecule has 1 aromatic rings. The fraction of sp³-hybridized carbons (Fsp3) is 0.667. The normalized spacial score (nSPS) is 27.1. The zero-order valence-electron chi connectivity index (χ0n) is 10.8. The van der Waals surface area contributed by atoms with Gasteiger partial charge < -0.3 is 10.7 Å². The summed E-state index contributed by atoms with van der Waals surface area (Å²) in [7, 11) is 0. The van der Waals surface area contributed by atoms with Crippen LogP contribution in [0.2, 0.25) is 0 Å². The molecule has 2 saturated heterocycles. The van der Waals surface area contributed by atoms with Crippen molar-refractivity contribution in [3.8, 4) is 0 Å². The number of hydrogen-bond acceptors (Lipinski definition) is 6. The van der Waals surface area contributed by atoms with Crippen LogP contribution in [0.1, 0.15) is 25.7 Å². The molecule has 4 N–H and O–H groups in total. The number of nitrogen functional groups attached to an aromatic ring is 1. The zero-order chi connectivity index (χ0) is 13.2. The second kappa shape index (κ2) is 5.60. The second-order valence-electron chi connectivity index (χ2n) is 5.17. The van der Waals surface area contributed by atoms with E-state index in [-0.39, 0.29) is 0 Å². The van der Waals surface area contributed by atoms with Crippen molar-refractivity contribution in [2.75, 3.05) is 23.8 Å². The minimum atomic E-state index is 0.470. The lowest BCUT2D eigenvalue weighted by Crippen LogP contribution is -2.41. The van der Waals surface area contributed by atoms with Crippen LogP contribution in [0.25, 0.3) is 0 Å². The average Bonchev–Trinajstić information content (AvgIpc) is 2.85. The Morgan fingerprint density at radius 1 is 1.21 bits per heavy atom. The van der Waals surface area contributed by atoms with Crippen molar-refractivity contribution in [3.05, 3.63) is 10.8 Å². The highest BCUT2D eigenvalue weighted by Gasteiger charge is 2.35. The van der Waals surface area contributed by atoms with E-state index in [0.717, 1.165) is 10.3 Å². The summed E-state index contributed by atoms with van der Waals surface area (Å²) >= 11 is 3.49. The van der Waals surface area contributed by atoms with E-state index in [2.05, 4.69) is 41.5 Å². The summed E-state index contributed by atoms with van der Waals surface area (Å²) in [5.41, 5.74) is 2.57. The SMILES string of the molecule is NNc1ncnc(NC2CCN3CCCCC23)c1Br. The lowest BCUT2D eigenvalue weighted by Gasteiger charge is -2.32. The summed E-state index contributed by atoms with van der Waals surface area (Å²) in [6.45, 7) is 2.43. The van der Waals surface area contributed by atoms with Crippen molar-refractivity contribution in [2.45, 2.75) is 37.8 Å². The highest BCUT2D eigenvalue weighted by molar-refractivity contribution is 9.10. The molecule has 7 heteroatoms. The van der Waals surface area contributed by atoms with Crippen molar-refractivity contribution in [3.63, 3.8) is 0 Å². The molecule has 2 aliphatic heterocycles. The van der Waals surface area contributed by atoms with Crippen LogP contribution in [-0.2, 0) is 0 Å². The molecule has 2 atom stereocenters. The van der Waals surface area contributed by atoms with Crippen molar-refractivity contribution in [1.29, 1.82) is 0 Å². The molecule has 0 spiro atoms. The average molecular weight is 327 g/mol. The van der Waals surface area contributed by atoms with Gasteiger partial charge in [-0.25, -0.2) is 15.8 Å². The van der Waals surface area contributed by atoms with Gasteiger partial charge in [0.15, 0.2) is 5.82 Å². The first-order valence-corrected chi connectivity index (χ1v) is 7.56. The molecule has 0 aliphatic carbocycles. The number of rotatable bonds is 3. The largest absolute Gasteiger partial charge is 0.365 e. The van der Waals surface area contributed by atoms with E-state index in [1.807, 2.05) is 0 Å². The van der Waals surface area contributed by atoms with Crippen LogP contribution in [0.5, 0.6) is 0 Å². The van der Waals surface area contributed by atoms with Crippen LogP contribution in [0.4, 0.5) is 11.6 Å². The maximum atomic E-state index is 5.43. The zero-order valence-corrected chi connectivity index (χ0v) is 12.4. The van der Waals surface area contributed by atoms with E-state index in [1.54, 1.807) is 0 Å². The van der Waals surface area contributed by atoms with E-state index in [1.165, 1.54) is 45.1 Å². The summed E-state index contributed by atoms with van der Waals surface area (Å²) in [6.07, 6.45) is 6.65. The van der Waals surface area contributed by atoms with Gasteiger partial charge in [0.25, 0.3) is 0 Å². The maximum Gasteiger partial charge on any atom is 0.159 e. The molecule has 19 heavy (non-hydrogen) atoms. The van der Waals surface area contributed by atoms with Gasteiger partial charge in [0, 0.05) is 18.6 Å². The van der Waals surface area contributed by atoms with Gasteiger partial charge in [0.1, 0.15) is 16.6 Å². The predicted molar refractivity (Wildman–Crippen MR) is 78.8 cm³/mol. The third-order valence-corrected chi connectivity index (χ3v) is 4.86. The van der Waals surface area contributed by atoms with Crippen LogP contribution >= 0.6 is 15.9 Å². The molecule has 0 saturated carbocycles. The number of nitrogens with zero attached hydrogens (tertiary/aromatic N) is 3. The van der Waals surface area contributed by atoms with Gasteiger partial charge >= 0.3 is 0 Å². The van der Waals surface area contributed by atoms with Crippen LogP contribution in [0.15, 0.2) is 10.8 Å². The van der Waals surface area contributed by atoms with Gasteiger partial charge in [-0.05, 0) is 41.7 Å². The van der Waals surface area contributed by atoms with Gasteiger partial charge in [-0.2, -0.15) is 0 Å². The van der Waals surface area contributed by atoms with E-state index in [0.29, 0.717) is 17.9 Å². The molecule has 3 heterocycles. The fourth-order valence-corrected chi connectivity index (χ4v) is 3.60. The number of hydrogen-bond donors (Lipinski definition) is 3. The Kier molecular flexibility index (Phi) is 3.86. The number of nitrogens with one attached hydrogen (secondary N) is 2. The molecule has 1 aromatic heterocycles.